The number of aliphatic hydroxyl groups is 1. The lowest BCUT2D eigenvalue weighted by atomic mass is 9.33. The van der Waals surface area contributed by atoms with E-state index in [4.69, 9.17) is 25.8 Å². The third-order valence-electron chi connectivity index (χ3n) is 19.3. The van der Waals surface area contributed by atoms with Crippen LogP contribution >= 0.6 is 11.6 Å². The Bertz CT molecular complexity index is 2080. The Hall–Kier alpha value is -2.99. The SMILES string of the molecule is COCCOc1cc(Cl)ccc1C(=O)NC(C)(C)CNC[C@H](O)[C@@]12CC[C@]3(C)[C@H](CC[C@@H]4[C@@]5(C)CC[C@H](OC(=O)[C@H]6C[C@@H](C(=O)O)C6(C)C)C(C)(C)[C@@H]5CC[C@]43C)C1=C(C(C)C)C(=O)C2. The van der Waals surface area contributed by atoms with E-state index in [1.54, 1.807) is 25.3 Å². The number of ether oxygens (including phenoxy) is 3. The Morgan fingerprint density at radius 2 is 1.60 bits per heavy atom. The zero-order valence-electron chi connectivity index (χ0n) is 41.4. The van der Waals surface area contributed by atoms with Gasteiger partial charge >= 0.3 is 11.9 Å². The maximum atomic E-state index is 14.3. The molecule has 0 radical (unpaired) electrons. The van der Waals surface area contributed by atoms with Gasteiger partial charge in [0, 0.05) is 48.0 Å². The zero-order valence-corrected chi connectivity index (χ0v) is 42.1. The smallest absolute Gasteiger partial charge is 0.309 e. The zero-order chi connectivity index (χ0) is 47.9. The first kappa shape index (κ1) is 49.9. The summed E-state index contributed by atoms with van der Waals surface area (Å²) in [5.74, 6) is -0.723. The Kier molecular flexibility index (Phi) is 13.4. The number of carbonyl (C=O) groups is 4. The number of hydrogen-bond donors (Lipinski definition) is 4. The van der Waals surface area contributed by atoms with Crippen molar-refractivity contribution in [1.82, 2.24) is 10.6 Å². The summed E-state index contributed by atoms with van der Waals surface area (Å²) >= 11 is 6.24. The number of benzene rings is 1. The number of esters is 1. The highest BCUT2D eigenvalue weighted by Gasteiger charge is 2.71. The molecule has 7 rings (SSSR count). The average molecular weight is 924 g/mol. The van der Waals surface area contributed by atoms with Gasteiger partial charge in [-0.2, -0.15) is 0 Å². The van der Waals surface area contributed by atoms with Crippen molar-refractivity contribution in [2.75, 3.05) is 33.4 Å². The van der Waals surface area contributed by atoms with Crippen LogP contribution in [0.15, 0.2) is 29.3 Å². The number of carboxylic acid groups (broad SMARTS) is 1. The highest BCUT2D eigenvalue weighted by atomic mass is 35.5. The predicted octanol–water partition coefficient (Wildman–Crippen LogP) is 9.46. The molecule has 4 N–H and O–H groups in total. The lowest BCUT2D eigenvalue weighted by Gasteiger charge is -2.72. The van der Waals surface area contributed by atoms with Crippen LogP contribution in [0.25, 0.3) is 0 Å². The molecule has 12 heteroatoms. The molecule has 0 heterocycles. The van der Waals surface area contributed by atoms with Gasteiger partial charge in [-0.3, -0.25) is 19.2 Å². The third-order valence-corrected chi connectivity index (χ3v) is 19.5. The van der Waals surface area contributed by atoms with Crippen molar-refractivity contribution in [1.29, 1.82) is 0 Å². The number of hydrogen-bond acceptors (Lipinski definition) is 9. The van der Waals surface area contributed by atoms with Crippen LogP contribution in [0, 0.1) is 68.0 Å². The molecule has 6 aliphatic carbocycles. The number of rotatable bonds is 15. The summed E-state index contributed by atoms with van der Waals surface area (Å²) in [7, 11) is 1.59. The molecule has 5 fully saturated rings. The molecule has 6 aliphatic rings. The van der Waals surface area contributed by atoms with Crippen molar-refractivity contribution in [2.24, 2.45) is 68.0 Å². The van der Waals surface area contributed by atoms with Gasteiger partial charge in [-0.1, -0.05) is 79.5 Å². The molecule has 1 aromatic carbocycles. The number of carbonyl (C=O) groups excluding carboxylic acids is 3. The van der Waals surface area contributed by atoms with Crippen LogP contribution in [0.5, 0.6) is 5.75 Å². The molecule has 362 valence electrons. The van der Waals surface area contributed by atoms with Crippen molar-refractivity contribution in [3.05, 3.63) is 39.9 Å². The molecule has 11 atom stereocenters. The van der Waals surface area contributed by atoms with Crippen LogP contribution in [-0.4, -0.2) is 85.0 Å². The van der Waals surface area contributed by atoms with Gasteiger partial charge in [0.25, 0.3) is 5.91 Å². The largest absolute Gasteiger partial charge is 0.490 e. The highest BCUT2D eigenvalue weighted by molar-refractivity contribution is 6.30. The minimum atomic E-state index is -0.843. The number of fused-ring (bicyclic) bond motifs is 7. The molecule has 0 spiro atoms. The van der Waals surface area contributed by atoms with Gasteiger partial charge < -0.3 is 35.1 Å². The van der Waals surface area contributed by atoms with E-state index >= 15 is 0 Å². The fourth-order valence-electron chi connectivity index (χ4n) is 15.4. The minimum absolute atomic E-state index is 0.000348. The number of halogens is 1. The molecule has 0 aromatic heterocycles. The number of nitrogens with one attached hydrogen (secondary N) is 2. The van der Waals surface area contributed by atoms with Crippen molar-refractivity contribution in [2.45, 2.75) is 158 Å². The first-order valence-corrected chi connectivity index (χ1v) is 24.9. The lowest BCUT2D eigenvalue weighted by molar-refractivity contribution is -0.238. The van der Waals surface area contributed by atoms with E-state index in [-0.39, 0.29) is 70.4 Å². The van der Waals surface area contributed by atoms with Gasteiger partial charge in [-0.05, 0) is 141 Å². The quantitative estimate of drug-likeness (QED) is 0.0986. The first-order valence-electron chi connectivity index (χ1n) is 24.6. The van der Waals surface area contributed by atoms with E-state index in [2.05, 4.69) is 59.1 Å². The third kappa shape index (κ3) is 8.19. The molecule has 65 heavy (non-hydrogen) atoms. The van der Waals surface area contributed by atoms with Crippen LogP contribution in [-0.2, 0) is 23.9 Å². The predicted molar refractivity (Wildman–Crippen MR) is 252 cm³/mol. The van der Waals surface area contributed by atoms with Crippen LogP contribution in [0.3, 0.4) is 0 Å². The Morgan fingerprint density at radius 3 is 2.25 bits per heavy atom. The van der Waals surface area contributed by atoms with E-state index in [0.29, 0.717) is 54.2 Å². The van der Waals surface area contributed by atoms with E-state index in [9.17, 15) is 29.4 Å². The summed E-state index contributed by atoms with van der Waals surface area (Å²) in [6.07, 6.45) is 7.20. The van der Waals surface area contributed by atoms with Crippen LogP contribution in [0.2, 0.25) is 5.02 Å². The second kappa shape index (κ2) is 17.5. The van der Waals surface area contributed by atoms with Crippen molar-refractivity contribution in [3.8, 4) is 5.75 Å². The van der Waals surface area contributed by atoms with Gasteiger partial charge in [0.1, 0.15) is 18.5 Å². The van der Waals surface area contributed by atoms with E-state index in [1.807, 2.05) is 27.7 Å². The summed E-state index contributed by atoms with van der Waals surface area (Å²) in [4.78, 5) is 53.4. The topological polar surface area (TPSA) is 160 Å². The fourth-order valence-corrected chi connectivity index (χ4v) is 15.6. The van der Waals surface area contributed by atoms with Crippen molar-refractivity contribution in [3.63, 3.8) is 0 Å². The van der Waals surface area contributed by atoms with Gasteiger partial charge in [0.2, 0.25) is 0 Å². The number of aliphatic hydroxyl groups excluding tert-OH is 1. The molecule has 0 aliphatic heterocycles. The Morgan fingerprint density at radius 1 is 0.892 bits per heavy atom. The number of amides is 1. The van der Waals surface area contributed by atoms with E-state index in [1.165, 1.54) is 5.57 Å². The highest BCUT2D eigenvalue weighted by Crippen LogP contribution is 2.77. The molecule has 1 aromatic rings. The molecule has 11 nitrogen and oxygen atoms in total. The van der Waals surface area contributed by atoms with Gasteiger partial charge in [-0.15, -0.1) is 0 Å². The second-order valence-corrected chi connectivity index (χ2v) is 24.5. The van der Waals surface area contributed by atoms with Gasteiger partial charge in [0.15, 0.2) is 5.78 Å². The monoisotopic (exact) mass is 923 g/mol. The molecular formula is C53H79ClN2O9. The summed E-state index contributed by atoms with van der Waals surface area (Å²) in [6.45, 7) is 25.4. The van der Waals surface area contributed by atoms with E-state index < -0.39 is 40.3 Å². The maximum Gasteiger partial charge on any atom is 0.309 e. The molecule has 1 amide bonds. The van der Waals surface area contributed by atoms with Crippen molar-refractivity contribution < 1.29 is 43.6 Å². The standard InChI is InChI=1S/C53H79ClN2O9/c1-30(2)42-36(57)27-53(40(58)28-55-29-47(3,4)56-44(59)32-14-13-31(54)25-37(32)64-24-23-63-12)22-21-51(10)33(43(42)53)15-16-39-50(9)19-18-41(49(7,8)38(50)17-20-52(39,51)11)65-46(62)35-26-34(45(60)61)48(35,5)6/h13-14,25,30,33-35,38-41,55,58H,15-24,26-29H2,1-12H3,(H,56,59)(H,60,61)/t33-,34+,35-,38+,39-,40+,41+,50+,51-,52-,53+/m1/s1. The van der Waals surface area contributed by atoms with Gasteiger partial charge in [0.05, 0.1) is 30.1 Å². The molecule has 5 saturated carbocycles. The van der Waals surface area contributed by atoms with Crippen LogP contribution in [0.1, 0.15) is 151 Å². The van der Waals surface area contributed by atoms with Crippen molar-refractivity contribution >= 4 is 35.2 Å². The summed E-state index contributed by atoms with van der Waals surface area (Å²) in [6, 6.07) is 4.95. The first-order chi connectivity index (χ1) is 30.2. The normalized spacial score (nSPS) is 36.4. The Balaban J connectivity index is 1.06. The number of Topliss-reactive ketones (excluding diaryl/α,β-unsaturated/α-hetero) is 1. The van der Waals surface area contributed by atoms with Crippen LogP contribution < -0.4 is 15.4 Å². The molecular weight excluding hydrogens is 844 g/mol. The minimum Gasteiger partial charge on any atom is -0.490 e. The number of carboxylic acids is 1. The summed E-state index contributed by atoms with van der Waals surface area (Å²) in [5.41, 5.74) is 0.279. The number of ketones is 1. The summed E-state index contributed by atoms with van der Waals surface area (Å²) in [5, 5.41) is 29.3. The second-order valence-electron chi connectivity index (χ2n) is 24.1. The Labute approximate surface area is 393 Å². The van der Waals surface area contributed by atoms with E-state index in [0.717, 1.165) is 56.9 Å². The fraction of sp³-hybridized carbons (Fsp3) is 0.774. The summed E-state index contributed by atoms with van der Waals surface area (Å²) < 4.78 is 17.4. The molecule has 0 bridgehead atoms. The number of methoxy groups -OCH3 is 1. The average Bonchev–Trinajstić information content (AvgIpc) is 3.51. The number of aliphatic carboxylic acids is 1. The maximum absolute atomic E-state index is 14.3. The van der Waals surface area contributed by atoms with Gasteiger partial charge in [-0.25, -0.2) is 0 Å². The van der Waals surface area contributed by atoms with Crippen LogP contribution in [0.4, 0.5) is 0 Å². The number of allylic oxidation sites excluding steroid dienone is 1. The molecule has 0 saturated heterocycles. The molecule has 0 unspecified atom stereocenters. The lowest BCUT2D eigenvalue weighted by Crippen LogP contribution is -2.66.